The van der Waals surface area contributed by atoms with Crippen molar-refractivity contribution in [2.24, 2.45) is 0 Å². The zero-order chi connectivity index (χ0) is 22.5. The number of methoxy groups -OCH3 is 1. The van der Waals surface area contributed by atoms with Gasteiger partial charge in [-0.15, -0.1) is 5.10 Å². The number of hydrogen-bond acceptors (Lipinski definition) is 8. The van der Waals surface area contributed by atoms with Crippen molar-refractivity contribution in [2.75, 3.05) is 13.7 Å². The fourth-order valence-corrected chi connectivity index (χ4v) is 3.15. The van der Waals surface area contributed by atoms with Crippen LogP contribution in [-0.4, -0.2) is 44.7 Å². The SMILES string of the molecule is CCOC(=O)c1nnn(Cc2ccc(OC)cc2)c1C(O)c1ccc(C)cc1[N+](=O)[O-]. The highest BCUT2D eigenvalue weighted by molar-refractivity contribution is 5.88. The molecule has 1 unspecified atom stereocenters. The number of nitro benzene ring substituents is 1. The molecule has 2 aromatic carbocycles. The second kappa shape index (κ2) is 9.35. The Bertz CT molecular complexity index is 1090. The van der Waals surface area contributed by atoms with E-state index in [2.05, 4.69) is 10.3 Å². The summed E-state index contributed by atoms with van der Waals surface area (Å²) in [4.78, 5) is 23.4. The molecule has 162 valence electrons. The number of nitro groups is 1. The Morgan fingerprint density at radius 3 is 2.58 bits per heavy atom. The van der Waals surface area contributed by atoms with E-state index in [0.717, 1.165) is 5.56 Å². The van der Waals surface area contributed by atoms with Crippen molar-refractivity contribution < 1.29 is 24.3 Å². The first-order valence-corrected chi connectivity index (χ1v) is 9.52. The van der Waals surface area contributed by atoms with Crippen LogP contribution < -0.4 is 4.74 Å². The third-order valence-electron chi connectivity index (χ3n) is 4.67. The summed E-state index contributed by atoms with van der Waals surface area (Å²) in [6.07, 6.45) is -1.52. The van der Waals surface area contributed by atoms with Gasteiger partial charge in [-0.25, -0.2) is 9.48 Å². The number of aliphatic hydroxyl groups is 1. The summed E-state index contributed by atoms with van der Waals surface area (Å²) in [6, 6.07) is 11.6. The predicted octanol–water partition coefficient (Wildman–Crippen LogP) is 2.81. The quantitative estimate of drug-likeness (QED) is 0.331. The Morgan fingerprint density at radius 1 is 1.26 bits per heavy atom. The summed E-state index contributed by atoms with van der Waals surface area (Å²) >= 11 is 0. The molecule has 10 nitrogen and oxygen atoms in total. The number of benzene rings is 2. The number of aryl methyl sites for hydroxylation is 1. The van der Waals surface area contributed by atoms with E-state index in [-0.39, 0.29) is 35.8 Å². The number of ether oxygens (including phenoxy) is 2. The second-order valence-electron chi connectivity index (χ2n) is 6.77. The molecule has 31 heavy (non-hydrogen) atoms. The van der Waals surface area contributed by atoms with Gasteiger partial charge in [-0.1, -0.05) is 23.4 Å². The van der Waals surface area contributed by atoms with E-state index < -0.39 is 17.0 Å². The Kier molecular flexibility index (Phi) is 6.61. The summed E-state index contributed by atoms with van der Waals surface area (Å²) in [5.41, 5.74) is 1.05. The highest BCUT2D eigenvalue weighted by Crippen LogP contribution is 2.32. The van der Waals surface area contributed by atoms with Gasteiger partial charge in [0.2, 0.25) is 0 Å². The van der Waals surface area contributed by atoms with Gasteiger partial charge in [0.1, 0.15) is 17.5 Å². The van der Waals surface area contributed by atoms with Gasteiger partial charge in [-0.05, 0) is 43.2 Å². The van der Waals surface area contributed by atoms with Gasteiger partial charge in [0.05, 0.1) is 30.7 Å². The first-order chi connectivity index (χ1) is 14.8. The van der Waals surface area contributed by atoms with Crippen LogP contribution in [0, 0.1) is 17.0 Å². The maximum absolute atomic E-state index is 12.4. The molecule has 0 aliphatic rings. The highest BCUT2D eigenvalue weighted by atomic mass is 16.6. The van der Waals surface area contributed by atoms with E-state index in [4.69, 9.17) is 9.47 Å². The number of hydrogen-bond donors (Lipinski definition) is 1. The summed E-state index contributed by atoms with van der Waals surface area (Å²) in [6.45, 7) is 3.62. The molecule has 0 saturated carbocycles. The molecule has 0 saturated heterocycles. The molecule has 0 fully saturated rings. The molecule has 3 aromatic rings. The Labute approximate surface area is 178 Å². The zero-order valence-electron chi connectivity index (χ0n) is 17.3. The number of esters is 1. The van der Waals surface area contributed by atoms with Crippen LogP contribution >= 0.6 is 0 Å². The summed E-state index contributed by atoms with van der Waals surface area (Å²) in [7, 11) is 1.56. The smallest absolute Gasteiger partial charge is 0.360 e. The average molecular weight is 426 g/mol. The van der Waals surface area contributed by atoms with Gasteiger partial charge < -0.3 is 14.6 Å². The molecule has 3 rings (SSSR count). The van der Waals surface area contributed by atoms with Gasteiger partial charge >= 0.3 is 5.97 Å². The lowest BCUT2D eigenvalue weighted by Gasteiger charge is -2.15. The lowest BCUT2D eigenvalue weighted by molar-refractivity contribution is -0.386. The molecule has 1 N–H and O–H groups in total. The first kappa shape index (κ1) is 21.9. The van der Waals surface area contributed by atoms with Crippen LogP contribution in [0.2, 0.25) is 0 Å². The van der Waals surface area contributed by atoms with Crippen molar-refractivity contribution >= 4 is 11.7 Å². The van der Waals surface area contributed by atoms with Gasteiger partial charge in [0.25, 0.3) is 5.69 Å². The predicted molar refractivity (Wildman–Crippen MR) is 110 cm³/mol. The first-order valence-electron chi connectivity index (χ1n) is 9.52. The number of rotatable bonds is 8. The fourth-order valence-electron chi connectivity index (χ4n) is 3.15. The molecule has 0 spiro atoms. The van der Waals surface area contributed by atoms with Crippen molar-refractivity contribution in [3.05, 3.63) is 80.7 Å². The minimum Gasteiger partial charge on any atom is -0.497 e. The molecular weight excluding hydrogens is 404 g/mol. The molecule has 0 bridgehead atoms. The van der Waals surface area contributed by atoms with E-state index in [1.807, 2.05) is 0 Å². The highest BCUT2D eigenvalue weighted by Gasteiger charge is 2.31. The van der Waals surface area contributed by atoms with E-state index in [0.29, 0.717) is 11.3 Å². The third-order valence-corrected chi connectivity index (χ3v) is 4.67. The van der Waals surface area contributed by atoms with Crippen molar-refractivity contribution in [3.63, 3.8) is 0 Å². The number of carbonyl (C=O) groups excluding carboxylic acids is 1. The summed E-state index contributed by atoms with van der Waals surface area (Å²) in [5, 5.41) is 30.6. The lowest BCUT2D eigenvalue weighted by atomic mass is 10.0. The van der Waals surface area contributed by atoms with E-state index in [9.17, 15) is 20.0 Å². The number of aromatic nitrogens is 3. The van der Waals surface area contributed by atoms with E-state index in [1.54, 1.807) is 51.3 Å². The maximum atomic E-state index is 12.4. The summed E-state index contributed by atoms with van der Waals surface area (Å²) < 4.78 is 11.5. The molecule has 1 atom stereocenters. The lowest BCUT2D eigenvalue weighted by Crippen LogP contribution is -2.17. The third kappa shape index (κ3) is 4.69. The molecule has 0 amide bonds. The zero-order valence-corrected chi connectivity index (χ0v) is 17.3. The molecule has 0 aliphatic carbocycles. The van der Waals surface area contributed by atoms with E-state index >= 15 is 0 Å². The summed E-state index contributed by atoms with van der Waals surface area (Å²) in [5.74, 6) is -0.0996. The van der Waals surface area contributed by atoms with Gasteiger partial charge in [0, 0.05) is 6.07 Å². The van der Waals surface area contributed by atoms with Crippen LogP contribution in [0.15, 0.2) is 42.5 Å². The van der Waals surface area contributed by atoms with Crippen LogP contribution in [0.25, 0.3) is 0 Å². The van der Waals surface area contributed by atoms with Gasteiger partial charge in [0.15, 0.2) is 5.69 Å². The molecule has 0 aliphatic heterocycles. The topological polar surface area (TPSA) is 130 Å². The minimum absolute atomic E-state index is 0.0150. The Balaban J connectivity index is 2.08. The molecular formula is C21H22N4O6. The van der Waals surface area contributed by atoms with Crippen LogP contribution in [0.3, 0.4) is 0 Å². The van der Waals surface area contributed by atoms with Crippen LogP contribution in [-0.2, 0) is 11.3 Å². The fraction of sp³-hybridized carbons (Fsp3) is 0.286. The van der Waals surface area contributed by atoms with Crippen molar-refractivity contribution in [1.29, 1.82) is 0 Å². The number of aliphatic hydroxyl groups excluding tert-OH is 1. The number of nitrogens with zero attached hydrogens (tertiary/aromatic N) is 4. The maximum Gasteiger partial charge on any atom is 0.360 e. The molecule has 0 radical (unpaired) electrons. The number of carbonyl (C=O) groups is 1. The second-order valence-corrected chi connectivity index (χ2v) is 6.77. The minimum atomic E-state index is -1.52. The van der Waals surface area contributed by atoms with Crippen molar-refractivity contribution in [3.8, 4) is 5.75 Å². The average Bonchev–Trinajstić information content (AvgIpc) is 3.17. The van der Waals surface area contributed by atoms with E-state index in [1.165, 1.54) is 16.8 Å². The van der Waals surface area contributed by atoms with Gasteiger partial charge in [-0.3, -0.25) is 10.1 Å². The molecule has 1 heterocycles. The standard InChI is InChI=1S/C21H22N4O6/c1-4-31-21(27)18-19(20(26)16-10-5-13(2)11-17(16)25(28)29)24(23-22-18)12-14-6-8-15(30-3)9-7-14/h5-11,20,26H,4,12H2,1-3H3. The monoisotopic (exact) mass is 426 g/mol. The van der Waals surface area contributed by atoms with Crippen molar-refractivity contribution in [1.82, 2.24) is 15.0 Å². The largest absolute Gasteiger partial charge is 0.497 e. The van der Waals surface area contributed by atoms with Crippen molar-refractivity contribution in [2.45, 2.75) is 26.5 Å². The van der Waals surface area contributed by atoms with Gasteiger partial charge in [-0.2, -0.15) is 0 Å². The molecule has 1 aromatic heterocycles. The van der Waals surface area contributed by atoms with Crippen LogP contribution in [0.1, 0.15) is 45.9 Å². The van der Waals surface area contributed by atoms with Crippen LogP contribution in [0.5, 0.6) is 5.75 Å². The normalized spacial score (nSPS) is 11.7. The Hall–Kier alpha value is -3.79. The Morgan fingerprint density at radius 2 is 1.97 bits per heavy atom. The molecule has 10 heteroatoms. The van der Waals surface area contributed by atoms with Crippen LogP contribution in [0.4, 0.5) is 5.69 Å².